The zero-order valence-electron chi connectivity index (χ0n) is 10.9. The fraction of sp³-hybridized carbons (Fsp3) is 0.385. The normalized spacial score (nSPS) is 12.4. The minimum Gasteiger partial charge on any atom is -0.494 e. The van der Waals surface area contributed by atoms with Crippen LogP contribution in [0.1, 0.15) is 29.8 Å². The third kappa shape index (κ3) is 3.08. The zero-order chi connectivity index (χ0) is 13.7. The summed E-state index contributed by atoms with van der Waals surface area (Å²) >= 11 is 1.27. The summed E-state index contributed by atoms with van der Waals surface area (Å²) in [6.07, 6.45) is 2.63. The molecule has 0 aliphatic carbocycles. The monoisotopic (exact) mass is 281 g/mol. The van der Waals surface area contributed by atoms with E-state index in [0.717, 1.165) is 17.8 Å². The Morgan fingerprint density at radius 2 is 2.32 bits per heavy atom. The first kappa shape index (κ1) is 13.9. The zero-order valence-corrected chi connectivity index (χ0v) is 11.7. The number of methoxy groups -OCH3 is 1. The maximum Gasteiger partial charge on any atom is 0.170 e. The average molecular weight is 281 g/mol. The summed E-state index contributed by atoms with van der Waals surface area (Å²) < 4.78 is 23.2. The Morgan fingerprint density at radius 1 is 1.47 bits per heavy atom. The van der Waals surface area contributed by atoms with E-state index in [4.69, 9.17) is 4.74 Å². The molecule has 0 saturated carbocycles. The molecule has 1 aromatic carbocycles. The summed E-state index contributed by atoms with van der Waals surface area (Å²) in [6, 6.07) is 4.91. The molecule has 1 unspecified atom stereocenters. The summed E-state index contributed by atoms with van der Waals surface area (Å²) in [4.78, 5) is 0.889. The lowest BCUT2D eigenvalue weighted by Crippen LogP contribution is -2.23. The molecule has 1 atom stereocenters. The topological polar surface area (TPSA) is 47.0 Å². The van der Waals surface area contributed by atoms with E-state index in [2.05, 4.69) is 21.8 Å². The molecule has 0 fully saturated rings. The largest absolute Gasteiger partial charge is 0.494 e. The van der Waals surface area contributed by atoms with E-state index < -0.39 is 0 Å². The Bertz CT molecular complexity index is 519. The molecule has 2 rings (SSSR count). The van der Waals surface area contributed by atoms with Crippen molar-refractivity contribution in [2.45, 2.75) is 19.4 Å². The second-order valence-corrected chi connectivity index (χ2v) is 4.89. The highest BCUT2D eigenvalue weighted by atomic mass is 32.1. The van der Waals surface area contributed by atoms with Gasteiger partial charge >= 0.3 is 0 Å². The molecule has 0 aliphatic heterocycles. The molecule has 0 bridgehead atoms. The van der Waals surface area contributed by atoms with Gasteiger partial charge in [0, 0.05) is 5.56 Å². The number of nitrogens with one attached hydrogen (secondary N) is 1. The third-order valence-electron chi connectivity index (χ3n) is 2.79. The summed E-state index contributed by atoms with van der Waals surface area (Å²) in [5, 5.41) is 7.14. The van der Waals surface area contributed by atoms with Gasteiger partial charge in [0.05, 0.1) is 24.2 Å². The number of hydrogen-bond donors (Lipinski definition) is 1. The fourth-order valence-corrected chi connectivity index (χ4v) is 2.46. The Morgan fingerprint density at radius 3 is 2.95 bits per heavy atom. The van der Waals surface area contributed by atoms with E-state index in [9.17, 15) is 4.39 Å². The van der Waals surface area contributed by atoms with Gasteiger partial charge in [0.25, 0.3) is 0 Å². The quantitative estimate of drug-likeness (QED) is 0.884. The van der Waals surface area contributed by atoms with E-state index in [0.29, 0.717) is 5.56 Å². The molecule has 0 aliphatic rings. The first-order valence-electron chi connectivity index (χ1n) is 6.11. The van der Waals surface area contributed by atoms with Crippen molar-refractivity contribution < 1.29 is 9.13 Å². The lowest BCUT2D eigenvalue weighted by Gasteiger charge is -2.18. The molecule has 0 saturated heterocycles. The number of ether oxygens (including phenoxy) is 1. The Kier molecular flexibility index (Phi) is 4.81. The van der Waals surface area contributed by atoms with Gasteiger partial charge in [-0.3, -0.25) is 0 Å². The molecular formula is C13H16FN3OS. The molecular weight excluding hydrogens is 265 g/mol. The number of hydrogen-bond acceptors (Lipinski definition) is 5. The summed E-state index contributed by atoms with van der Waals surface area (Å²) in [7, 11) is 1.46. The van der Waals surface area contributed by atoms with Gasteiger partial charge in [0.2, 0.25) is 0 Å². The minimum atomic E-state index is -0.341. The van der Waals surface area contributed by atoms with Crippen molar-refractivity contribution in [1.82, 2.24) is 14.9 Å². The van der Waals surface area contributed by atoms with Crippen LogP contribution in [0, 0.1) is 5.82 Å². The molecule has 0 radical (unpaired) electrons. The number of rotatable bonds is 6. The van der Waals surface area contributed by atoms with Crippen molar-refractivity contribution in [2.75, 3.05) is 13.7 Å². The molecule has 0 amide bonds. The maximum absolute atomic E-state index is 14.3. The van der Waals surface area contributed by atoms with Gasteiger partial charge in [0.1, 0.15) is 0 Å². The van der Waals surface area contributed by atoms with Crippen LogP contribution in [0.4, 0.5) is 4.39 Å². The number of aromatic nitrogens is 2. The molecule has 1 aromatic heterocycles. The van der Waals surface area contributed by atoms with Gasteiger partial charge in [-0.1, -0.05) is 23.5 Å². The van der Waals surface area contributed by atoms with Gasteiger partial charge in [-0.2, -0.15) is 0 Å². The van der Waals surface area contributed by atoms with Crippen LogP contribution in [0.15, 0.2) is 24.4 Å². The second kappa shape index (κ2) is 6.58. The predicted octanol–water partition coefficient (Wildman–Crippen LogP) is 2.77. The standard InChI is InChI=1S/C13H16FN3OS/c1-3-7-15-13(11-8-16-17-19-11)9-5-4-6-10(18-2)12(9)14/h4-6,8,13,15H,3,7H2,1-2H3. The Labute approximate surface area is 115 Å². The third-order valence-corrected chi connectivity index (χ3v) is 3.51. The number of nitrogens with zero attached hydrogens (tertiary/aromatic N) is 2. The van der Waals surface area contributed by atoms with Crippen LogP contribution >= 0.6 is 11.5 Å². The van der Waals surface area contributed by atoms with E-state index in [1.807, 2.05) is 0 Å². The highest BCUT2D eigenvalue weighted by molar-refractivity contribution is 7.05. The van der Waals surface area contributed by atoms with E-state index in [1.165, 1.54) is 18.6 Å². The SMILES string of the molecule is CCCNC(c1cnns1)c1cccc(OC)c1F. The van der Waals surface area contributed by atoms with Gasteiger partial charge in [-0.05, 0) is 30.6 Å². The Balaban J connectivity index is 2.38. The van der Waals surface area contributed by atoms with Crippen LogP contribution in [0.3, 0.4) is 0 Å². The second-order valence-electron chi connectivity index (χ2n) is 4.07. The van der Waals surface area contributed by atoms with Crippen LogP contribution in [-0.4, -0.2) is 23.2 Å². The molecule has 1 heterocycles. The molecule has 0 spiro atoms. The molecule has 102 valence electrons. The smallest absolute Gasteiger partial charge is 0.170 e. The van der Waals surface area contributed by atoms with Crippen molar-refractivity contribution in [3.8, 4) is 5.75 Å². The van der Waals surface area contributed by atoms with Crippen molar-refractivity contribution in [3.63, 3.8) is 0 Å². The molecule has 4 nitrogen and oxygen atoms in total. The number of halogens is 1. The van der Waals surface area contributed by atoms with Gasteiger partial charge in [-0.15, -0.1) is 5.10 Å². The van der Waals surface area contributed by atoms with Gasteiger partial charge in [-0.25, -0.2) is 4.39 Å². The maximum atomic E-state index is 14.3. The highest BCUT2D eigenvalue weighted by Crippen LogP contribution is 2.30. The van der Waals surface area contributed by atoms with Crippen LogP contribution < -0.4 is 10.1 Å². The summed E-state index contributed by atoms with van der Waals surface area (Å²) in [6.45, 7) is 2.86. The van der Waals surface area contributed by atoms with Crippen molar-refractivity contribution in [2.24, 2.45) is 0 Å². The molecule has 6 heteroatoms. The van der Waals surface area contributed by atoms with Crippen LogP contribution in [0.5, 0.6) is 5.75 Å². The lowest BCUT2D eigenvalue weighted by atomic mass is 10.0. The first-order chi connectivity index (χ1) is 9.27. The fourth-order valence-electron chi connectivity index (χ4n) is 1.86. The first-order valence-corrected chi connectivity index (χ1v) is 6.88. The molecule has 1 N–H and O–H groups in total. The minimum absolute atomic E-state index is 0.241. The van der Waals surface area contributed by atoms with Crippen LogP contribution in [0.25, 0.3) is 0 Å². The summed E-state index contributed by atoms with van der Waals surface area (Å²) in [5.41, 5.74) is 0.554. The van der Waals surface area contributed by atoms with Crippen molar-refractivity contribution in [3.05, 3.63) is 40.7 Å². The number of benzene rings is 1. The Hall–Kier alpha value is -1.53. The highest BCUT2D eigenvalue weighted by Gasteiger charge is 2.21. The van der Waals surface area contributed by atoms with Gasteiger partial charge < -0.3 is 10.1 Å². The summed E-state index contributed by atoms with van der Waals surface area (Å²) in [5.74, 6) is -0.0923. The average Bonchev–Trinajstić information content (AvgIpc) is 2.95. The van der Waals surface area contributed by atoms with E-state index >= 15 is 0 Å². The lowest BCUT2D eigenvalue weighted by molar-refractivity contribution is 0.381. The predicted molar refractivity (Wildman–Crippen MR) is 73.0 cm³/mol. The van der Waals surface area contributed by atoms with Crippen LogP contribution in [-0.2, 0) is 0 Å². The van der Waals surface area contributed by atoms with Gasteiger partial charge in [0.15, 0.2) is 11.6 Å². The van der Waals surface area contributed by atoms with E-state index in [-0.39, 0.29) is 17.6 Å². The van der Waals surface area contributed by atoms with E-state index in [1.54, 1.807) is 24.4 Å². The van der Waals surface area contributed by atoms with Crippen molar-refractivity contribution in [1.29, 1.82) is 0 Å². The molecule has 2 aromatic rings. The molecule has 19 heavy (non-hydrogen) atoms. The van der Waals surface area contributed by atoms with Crippen molar-refractivity contribution >= 4 is 11.5 Å². The van der Waals surface area contributed by atoms with Crippen LogP contribution in [0.2, 0.25) is 0 Å².